The molecule has 0 aliphatic carbocycles. The molecule has 1 heterocycles. The highest BCUT2D eigenvalue weighted by Crippen LogP contribution is 2.20. The smallest absolute Gasteiger partial charge is 0.225 e. The van der Waals surface area contributed by atoms with Gasteiger partial charge in [0.1, 0.15) is 12.1 Å². The van der Waals surface area contributed by atoms with Gasteiger partial charge in [0, 0.05) is 7.11 Å². The normalized spacial score (nSPS) is 10.2. The maximum Gasteiger partial charge on any atom is 0.225 e. The maximum absolute atomic E-state index is 12.8. The Bertz CT molecular complexity index is 505. The molecule has 0 amide bonds. The number of hydrogen-bond acceptors (Lipinski definition) is 4. The molecule has 5 heteroatoms. The largest absolute Gasteiger partial charge is 0.439 e. The van der Waals surface area contributed by atoms with E-state index in [1.807, 2.05) is 18.2 Å². The molecule has 2 aromatic rings. The van der Waals surface area contributed by atoms with Gasteiger partial charge in [0.2, 0.25) is 11.8 Å². The Hall–Kier alpha value is -2.01. The van der Waals surface area contributed by atoms with Crippen molar-refractivity contribution in [3.05, 3.63) is 48.2 Å². The topological polar surface area (TPSA) is 44.2 Å². The molecule has 1 aromatic heterocycles. The van der Waals surface area contributed by atoms with Crippen molar-refractivity contribution in [3.8, 4) is 11.6 Å². The first kappa shape index (κ1) is 11.5. The maximum atomic E-state index is 12.8. The SMILES string of the molecule is COCc1cccc(Oc2cc(F)ncn2)c1. The summed E-state index contributed by atoms with van der Waals surface area (Å²) in [6.45, 7) is 0.495. The van der Waals surface area contributed by atoms with Gasteiger partial charge in [-0.05, 0) is 17.7 Å². The van der Waals surface area contributed by atoms with E-state index in [9.17, 15) is 4.39 Å². The number of halogens is 1. The average Bonchev–Trinajstić information content (AvgIpc) is 2.30. The first-order valence-electron chi connectivity index (χ1n) is 5.01. The molecule has 0 fully saturated rings. The lowest BCUT2D eigenvalue weighted by Gasteiger charge is -2.06. The van der Waals surface area contributed by atoms with E-state index < -0.39 is 5.95 Å². The Morgan fingerprint density at radius 1 is 1.24 bits per heavy atom. The number of hydrogen-bond donors (Lipinski definition) is 0. The summed E-state index contributed by atoms with van der Waals surface area (Å²) in [7, 11) is 1.62. The molecule has 0 saturated carbocycles. The van der Waals surface area contributed by atoms with E-state index in [-0.39, 0.29) is 5.88 Å². The second-order valence-corrected chi connectivity index (χ2v) is 3.36. The van der Waals surface area contributed by atoms with Gasteiger partial charge in [-0.3, -0.25) is 0 Å². The fourth-order valence-corrected chi connectivity index (χ4v) is 1.36. The van der Waals surface area contributed by atoms with Gasteiger partial charge >= 0.3 is 0 Å². The zero-order valence-corrected chi connectivity index (χ0v) is 9.26. The molecule has 0 saturated heterocycles. The standard InChI is InChI=1S/C12H11FN2O2/c1-16-7-9-3-2-4-10(5-9)17-12-6-11(13)14-8-15-12/h2-6,8H,7H2,1H3. The first-order chi connectivity index (χ1) is 8.28. The predicted octanol–water partition coefficient (Wildman–Crippen LogP) is 2.55. The van der Waals surface area contributed by atoms with Gasteiger partial charge < -0.3 is 9.47 Å². The van der Waals surface area contributed by atoms with Crippen LogP contribution in [0.25, 0.3) is 0 Å². The molecular weight excluding hydrogens is 223 g/mol. The number of benzene rings is 1. The number of rotatable bonds is 4. The van der Waals surface area contributed by atoms with E-state index in [4.69, 9.17) is 9.47 Å². The van der Waals surface area contributed by atoms with E-state index >= 15 is 0 Å². The molecule has 0 N–H and O–H groups in total. The number of ether oxygens (including phenoxy) is 2. The minimum Gasteiger partial charge on any atom is -0.439 e. The molecular formula is C12H11FN2O2. The van der Waals surface area contributed by atoms with Gasteiger partial charge in [-0.2, -0.15) is 4.39 Å². The molecule has 0 aliphatic rings. The zero-order chi connectivity index (χ0) is 12.1. The van der Waals surface area contributed by atoms with Crippen molar-refractivity contribution in [3.63, 3.8) is 0 Å². The van der Waals surface area contributed by atoms with E-state index in [0.717, 1.165) is 18.0 Å². The molecule has 0 aliphatic heterocycles. The van der Waals surface area contributed by atoms with E-state index in [1.54, 1.807) is 13.2 Å². The Morgan fingerprint density at radius 3 is 2.88 bits per heavy atom. The fourth-order valence-electron chi connectivity index (χ4n) is 1.36. The van der Waals surface area contributed by atoms with Gasteiger partial charge in [-0.25, -0.2) is 9.97 Å². The summed E-state index contributed by atoms with van der Waals surface area (Å²) in [6, 6.07) is 8.45. The van der Waals surface area contributed by atoms with Gasteiger partial charge in [0.15, 0.2) is 0 Å². The van der Waals surface area contributed by atoms with Crippen LogP contribution < -0.4 is 4.74 Å². The molecule has 0 atom stereocenters. The molecule has 0 bridgehead atoms. The highest BCUT2D eigenvalue weighted by atomic mass is 19.1. The fraction of sp³-hybridized carbons (Fsp3) is 0.167. The monoisotopic (exact) mass is 234 g/mol. The van der Waals surface area contributed by atoms with Crippen LogP contribution in [-0.4, -0.2) is 17.1 Å². The molecule has 0 spiro atoms. The van der Waals surface area contributed by atoms with Crippen molar-refractivity contribution in [2.24, 2.45) is 0 Å². The third-order valence-corrected chi connectivity index (χ3v) is 2.04. The van der Waals surface area contributed by atoms with E-state index in [2.05, 4.69) is 9.97 Å². The summed E-state index contributed by atoms with van der Waals surface area (Å²) in [5.41, 5.74) is 0.972. The molecule has 4 nitrogen and oxygen atoms in total. The molecule has 0 radical (unpaired) electrons. The summed E-state index contributed by atoms with van der Waals surface area (Å²) in [5, 5.41) is 0. The molecule has 2 rings (SSSR count). The minimum atomic E-state index is -0.622. The molecule has 0 unspecified atom stereocenters. The minimum absolute atomic E-state index is 0.173. The summed E-state index contributed by atoms with van der Waals surface area (Å²) >= 11 is 0. The van der Waals surface area contributed by atoms with Crippen molar-refractivity contribution in [2.45, 2.75) is 6.61 Å². The molecule has 17 heavy (non-hydrogen) atoms. The van der Waals surface area contributed by atoms with Crippen LogP contribution >= 0.6 is 0 Å². The Labute approximate surface area is 98.1 Å². The van der Waals surface area contributed by atoms with Crippen LogP contribution in [0.2, 0.25) is 0 Å². The van der Waals surface area contributed by atoms with Crippen molar-refractivity contribution in [1.29, 1.82) is 0 Å². The van der Waals surface area contributed by atoms with Crippen LogP contribution in [0.1, 0.15) is 5.56 Å². The average molecular weight is 234 g/mol. The van der Waals surface area contributed by atoms with E-state index in [1.165, 1.54) is 0 Å². The summed E-state index contributed by atoms with van der Waals surface area (Å²) in [6.07, 6.45) is 1.11. The Morgan fingerprint density at radius 2 is 2.12 bits per heavy atom. The second kappa shape index (κ2) is 5.36. The number of aromatic nitrogens is 2. The first-order valence-corrected chi connectivity index (χ1v) is 5.01. The lowest BCUT2D eigenvalue weighted by Crippen LogP contribution is -1.92. The lowest BCUT2D eigenvalue weighted by molar-refractivity contribution is 0.184. The van der Waals surface area contributed by atoms with Crippen molar-refractivity contribution in [1.82, 2.24) is 9.97 Å². The zero-order valence-electron chi connectivity index (χ0n) is 9.26. The Kier molecular flexibility index (Phi) is 3.62. The van der Waals surface area contributed by atoms with Crippen LogP contribution in [0.15, 0.2) is 36.7 Å². The second-order valence-electron chi connectivity index (χ2n) is 3.36. The van der Waals surface area contributed by atoms with Crippen molar-refractivity contribution in [2.75, 3.05) is 7.11 Å². The van der Waals surface area contributed by atoms with Gasteiger partial charge in [0.25, 0.3) is 0 Å². The number of methoxy groups -OCH3 is 1. The number of nitrogens with zero attached hydrogens (tertiary/aromatic N) is 2. The highest BCUT2D eigenvalue weighted by molar-refractivity contribution is 5.30. The summed E-state index contributed by atoms with van der Waals surface area (Å²) < 4.78 is 23.2. The van der Waals surface area contributed by atoms with Crippen molar-refractivity contribution >= 4 is 0 Å². The van der Waals surface area contributed by atoms with Gasteiger partial charge in [0.05, 0.1) is 12.7 Å². The van der Waals surface area contributed by atoms with Crippen molar-refractivity contribution < 1.29 is 13.9 Å². The quantitative estimate of drug-likeness (QED) is 0.762. The van der Waals surface area contributed by atoms with Crippen LogP contribution in [0.4, 0.5) is 4.39 Å². The third-order valence-electron chi connectivity index (χ3n) is 2.04. The van der Waals surface area contributed by atoms with Crippen LogP contribution in [-0.2, 0) is 11.3 Å². The predicted molar refractivity (Wildman–Crippen MR) is 59.2 cm³/mol. The highest BCUT2D eigenvalue weighted by Gasteiger charge is 2.02. The molecule has 88 valence electrons. The van der Waals surface area contributed by atoms with E-state index in [0.29, 0.717) is 12.4 Å². The van der Waals surface area contributed by atoms with Crippen LogP contribution in [0.3, 0.4) is 0 Å². The summed E-state index contributed by atoms with van der Waals surface area (Å²) in [5.74, 6) is 0.132. The van der Waals surface area contributed by atoms with Crippen LogP contribution in [0, 0.1) is 5.95 Å². The van der Waals surface area contributed by atoms with Crippen LogP contribution in [0.5, 0.6) is 11.6 Å². The summed E-state index contributed by atoms with van der Waals surface area (Å²) in [4.78, 5) is 7.16. The molecule has 1 aromatic carbocycles. The third kappa shape index (κ3) is 3.22. The van der Waals surface area contributed by atoms with Gasteiger partial charge in [-0.15, -0.1) is 0 Å². The Balaban J connectivity index is 2.15. The lowest BCUT2D eigenvalue weighted by atomic mass is 10.2. The van der Waals surface area contributed by atoms with Gasteiger partial charge in [-0.1, -0.05) is 12.1 Å².